The van der Waals surface area contributed by atoms with E-state index < -0.39 is 0 Å². The Morgan fingerprint density at radius 2 is 2.31 bits per heavy atom. The molecule has 2 rings (SSSR count). The number of anilines is 1. The van der Waals surface area contributed by atoms with Crippen LogP contribution in [0.5, 0.6) is 0 Å². The highest BCUT2D eigenvalue weighted by Crippen LogP contribution is 2.01. The largest absolute Gasteiger partial charge is 0.396 e. The number of hydrogen-bond donors (Lipinski definition) is 1. The van der Waals surface area contributed by atoms with E-state index in [0.717, 1.165) is 5.69 Å². The molecule has 0 saturated heterocycles. The van der Waals surface area contributed by atoms with Gasteiger partial charge in [-0.3, -0.25) is 9.67 Å². The van der Waals surface area contributed by atoms with Gasteiger partial charge >= 0.3 is 0 Å². The molecule has 0 bridgehead atoms. The minimum atomic E-state index is 0.665. The quantitative estimate of drug-likeness (QED) is 0.736. The zero-order valence-corrected chi connectivity index (χ0v) is 7.09. The molecule has 2 heterocycles. The standard InChI is InChI=1S/C9H10N4/c10-8-5-12-13(6-8)7-9-3-1-2-4-11-9/h1-6H,7,10H2. The van der Waals surface area contributed by atoms with Crippen molar-refractivity contribution in [1.29, 1.82) is 0 Å². The van der Waals surface area contributed by atoms with Crippen LogP contribution < -0.4 is 5.73 Å². The highest BCUT2D eigenvalue weighted by molar-refractivity contribution is 5.30. The third kappa shape index (κ3) is 1.84. The monoisotopic (exact) mass is 174 g/mol. The van der Waals surface area contributed by atoms with Crippen molar-refractivity contribution in [2.24, 2.45) is 0 Å². The summed E-state index contributed by atoms with van der Waals surface area (Å²) in [6.45, 7) is 0.665. The van der Waals surface area contributed by atoms with Gasteiger partial charge in [0, 0.05) is 12.4 Å². The van der Waals surface area contributed by atoms with Crippen LogP contribution in [0.2, 0.25) is 0 Å². The summed E-state index contributed by atoms with van der Waals surface area (Å²) in [5, 5.41) is 4.06. The van der Waals surface area contributed by atoms with Gasteiger partial charge in [0.25, 0.3) is 0 Å². The first kappa shape index (κ1) is 7.79. The lowest BCUT2D eigenvalue weighted by molar-refractivity contribution is 0.673. The van der Waals surface area contributed by atoms with Crippen molar-refractivity contribution in [1.82, 2.24) is 14.8 Å². The molecule has 2 aromatic rings. The maximum absolute atomic E-state index is 5.53. The number of nitrogens with zero attached hydrogens (tertiary/aromatic N) is 3. The third-order valence-corrected chi connectivity index (χ3v) is 1.70. The Morgan fingerprint density at radius 3 is 2.92 bits per heavy atom. The molecule has 0 aliphatic heterocycles. The molecular weight excluding hydrogens is 164 g/mol. The van der Waals surface area contributed by atoms with Crippen molar-refractivity contribution >= 4 is 5.69 Å². The van der Waals surface area contributed by atoms with E-state index in [4.69, 9.17) is 5.73 Å². The van der Waals surface area contributed by atoms with E-state index in [0.29, 0.717) is 12.2 Å². The summed E-state index contributed by atoms with van der Waals surface area (Å²) in [6, 6.07) is 5.80. The van der Waals surface area contributed by atoms with Crippen LogP contribution in [0.25, 0.3) is 0 Å². The first-order valence-corrected chi connectivity index (χ1v) is 4.02. The molecule has 2 aromatic heterocycles. The molecule has 13 heavy (non-hydrogen) atoms. The smallest absolute Gasteiger partial charge is 0.0832 e. The van der Waals surface area contributed by atoms with E-state index in [1.54, 1.807) is 23.3 Å². The summed E-state index contributed by atoms with van der Waals surface area (Å²) in [5.41, 5.74) is 7.18. The maximum atomic E-state index is 5.53. The summed E-state index contributed by atoms with van der Waals surface area (Å²) in [5.74, 6) is 0. The first-order chi connectivity index (χ1) is 6.34. The van der Waals surface area contributed by atoms with E-state index in [9.17, 15) is 0 Å². The van der Waals surface area contributed by atoms with Gasteiger partial charge in [0.1, 0.15) is 0 Å². The average molecular weight is 174 g/mol. The van der Waals surface area contributed by atoms with Crippen molar-refractivity contribution in [2.45, 2.75) is 6.54 Å². The fraction of sp³-hybridized carbons (Fsp3) is 0.111. The molecule has 4 nitrogen and oxygen atoms in total. The molecule has 66 valence electrons. The van der Waals surface area contributed by atoms with Crippen LogP contribution in [0.3, 0.4) is 0 Å². The van der Waals surface area contributed by atoms with Crippen molar-refractivity contribution in [2.75, 3.05) is 5.73 Å². The molecule has 0 unspecified atom stereocenters. The normalized spacial score (nSPS) is 10.2. The Balaban J connectivity index is 2.15. The lowest BCUT2D eigenvalue weighted by Gasteiger charge is -1.98. The minimum absolute atomic E-state index is 0.665. The van der Waals surface area contributed by atoms with Crippen LogP contribution in [-0.4, -0.2) is 14.8 Å². The van der Waals surface area contributed by atoms with Crippen molar-refractivity contribution < 1.29 is 0 Å². The molecule has 0 amide bonds. The van der Waals surface area contributed by atoms with Crippen molar-refractivity contribution in [3.63, 3.8) is 0 Å². The van der Waals surface area contributed by atoms with Gasteiger partial charge in [-0.15, -0.1) is 0 Å². The first-order valence-electron chi connectivity index (χ1n) is 4.02. The highest BCUT2D eigenvalue weighted by Gasteiger charge is 1.96. The number of aromatic nitrogens is 3. The van der Waals surface area contributed by atoms with Crippen LogP contribution in [0.1, 0.15) is 5.69 Å². The van der Waals surface area contributed by atoms with Crippen molar-refractivity contribution in [3.8, 4) is 0 Å². The molecule has 0 saturated carbocycles. The molecular formula is C9H10N4. The molecule has 0 aliphatic rings. The van der Waals surface area contributed by atoms with E-state index >= 15 is 0 Å². The van der Waals surface area contributed by atoms with E-state index in [-0.39, 0.29) is 0 Å². The second-order valence-corrected chi connectivity index (χ2v) is 2.79. The van der Waals surface area contributed by atoms with Crippen molar-refractivity contribution in [3.05, 3.63) is 42.5 Å². The average Bonchev–Trinajstić information content (AvgIpc) is 2.53. The van der Waals surface area contributed by atoms with Crippen LogP contribution >= 0.6 is 0 Å². The molecule has 2 N–H and O–H groups in total. The zero-order valence-electron chi connectivity index (χ0n) is 7.09. The zero-order chi connectivity index (χ0) is 9.10. The fourth-order valence-electron chi connectivity index (χ4n) is 1.12. The third-order valence-electron chi connectivity index (χ3n) is 1.70. The Bertz CT molecular complexity index is 380. The fourth-order valence-corrected chi connectivity index (χ4v) is 1.12. The lowest BCUT2D eigenvalue weighted by Crippen LogP contribution is -2.01. The SMILES string of the molecule is Nc1cnn(Cc2ccccn2)c1. The molecule has 0 radical (unpaired) electrons. The number of hydrogen-bond acceptors (Lipinski definition) is 3. The Hall–Kier alpha value is -1.84. The van der Waals surface area contributed by atoms with Crippen LogP contribution in [0.15, 0.2) is 36.8 Å². The minimum Gasteiger partial charge on any atom is -0.396 e. The molecule has 0 spiro atoms. The van der Waals surface area contributed by atoms with Gasteiger partial charge in [0.15, 0.2) is 0 Å². The summed E-state index contributed by atoms with van der Waals surface area (Å²) in [4.78, 5) is 4.18. The van der Waals surface area contributed by atoms with Gasteiger partial charge in [-0.1, -0.05) is 6.07 Å². The van der Waals surface area contributed by atoms with Gasteiger partial charge < -0.3 is 5.73 Å². The maximum Gasteiger partial charge on any atom is 0.0832 e. The summed E-state index contributed by atoms with van der Waals surface area (Å²) < 4.78 is 1.76. The predicted octanol–water partition coefficient (Wildman–Crippen LogP) is 0.909. The molecule has 4 heteroatoms. The van der Waals surface area contributed by atoms with Gasteiger partial charge in [-0.05, 0) is 12.1 Å². The summed E-state index contributed by atoms with van der Waals surface area (Å²) >= 11 is 0. The van der Waals surface area contributed by atoms with Crippen LogP contribution in [0, 0.1) is 0 Å². The number of pyridine rings is 1. The number of nitrogens with two attached hydrogens (primary N) is 1. The second kappa shape index (κ2) is 3.26. The predicted molar refractivity (Wildman–Crippen MR) is 50.0 cm³/mol. The number of rotatable bonds is 2. The molecule has 0 aromatic carbocycles. The molecule has 0 atom stereocenters. The van der Waals surface area contributed by atoms with Crippen LogP contribution in [-0.2, 0) is 6.54 Å². The van der Waals surface area contributed by atoms with Gasteiger partial charge in [0.2, 0.25) is 0 Å². The molecule has 0 aliphatic carbocycles. The Kier molecular flexibility index (Phi) is 1.96. The second-order valence-electron chi connectivity index (χ2n) is 2.79. The van der Waals surface area contributed by atoms with E-state index in [1.807, 2.05) is 18.2 Å². The Morgan fingerprint density at radius 1 is 1.38 bits per heavy atom. The van der Waals surface area contributed by atoms with E-state index in [1.165, 1.54) is 0 Å². The summed E-state index contributed by atoms with van der Waals surface area (Å²) in [6.07, 6.45) is 5.18. The van der Waals surface area contributed by atoms with Gasteiger partial charge in [-0.25, -0.2) is 0 Å². The van der Waals surface area contributed by atoms with Crippen LogP contribution in [0.4, 0.5) is 5.69 Å². The van der Waals surface area contributed by atoms with Gasteiger partial charge in [0.05, 0.1) is 24.1 Å². The molecule has 0 fully saturated rings. The Labute approximate surface area is 76.0 Å². The highest BCUT2D eigenvalue weighted by atomic mass is 15.3. The number of nitrogen functional groups attached to an aromatic ring is 1. The van der Waals surface area contributed by atoms with Gasteiger partial charge in [-0.2, -0.15) is 5.10 Å². The topological polar surface area (TPSA) is 56.7 Å². The lowest BCUT2D eigenvalue weighted by atomic mass is 10.3. The summed E-state index contributed by atoms with van der Waals surface area (Å²) in [7, 11) is 0. The van der Waals surface area contributed by atoms with E-state index in [2.05, 4.69) is 10.1 Å².